The highest BCUT2D eigenvalue weighted by molar-refractivity contribution is 5.85. The number of ether oxygens (including phenoxy) is 5. The molecule has 1 N–H and O–H groups in total. The van der Waals surface area contributed by atoms with Gasteiger partial charge in [-0.15, -0.1) is 12.4 Å². The van der Waals surface area contributed by atoms with Gasteiger partial charge in [-0.2, -0.15) is 0 Å². The number of nitrogens with one attached hydrogen (secondary N) is 1. The highest BCUT2D eigenvalue weighted by Gasteiger charge is 2.20. The van der Waals surface area contributed by atoms with Crippen molar-refractivity contribution in [3.8, 4) is 28.7 Å². The van der Waals surface area contributed by atoms with Gasteiger partial charge in [0.15, 0.2) is 23.0 Å². The predicted molar refractivity (Wildman–Crippen MR) is 102 cm³/mol. The van der Waals surface area contributed by atoms with Crippen molar-refractivity contribution in [3.05, 3.63) is 42.5 Å². The quantitative estimate of drug-likeness (QED) is 0.709. The topological polar surface area (TPSA) is 58.2 Å². The zero-order chi connectivity index (χ0) is 17.5. The van der Waals surface area contributed by atoms with Gasteiger partial charge in [-0.05, 0) is 24.3 Å². The van der Waals surface area contributed by atoms with Crippen LogP contribution in [0.4, 0.5) is 0 Å². The number of benzene rings is 2. The summed E-state index contributed by atoms with van der Waals surface area (Å²) in [6.07, 6.45) is -0.0179. The molecule has 1 heterocycles. The fraction of sp³-hybridized carbons (Fsp3) is 0.368. The molecule has 142 valence electrons. The van der Waals surface area contributed by atoms with Crippen LogP contribution in [0.2, 0.25) is 0 Å². The van der Waals surface area contributed by atoms with Crippen LogP contribution < -0.4 is 29.0 Å². The first-order valence-corrected chi connectivity index (χ1v) is 8.25. The Labute approximate surface area is 159 Å². The molecule has 0 saturated carbocycles. The number of methoxy groups -OCH3 is 2. The second kappa shape index (κ2) is 9.99. The molecule has 2 aromatic rings. The number of fused-ring (bicyclic) bond motifs is 1. The number of rotatable bonds is 8. The molecule has 0 fully saturated rings. The Kier molecular flexibility index (Phi) is 7.69. The van der Waals surface area contributed by atoms with Crippen LogP contribution in [-0.4, -0.2) is 46.6 Å². The van der Waals surface area contributed by atoms with Crippen LogP contribution in [0.15, 0.2) is 42.5 Å². The maximum absolute atomic E-state index is 5.90. The Morgan fingerprint density at radius 2 is 1.69 bits per heavy atom. The molecule has 0 amide bonds. The van der Waals surface area contributed by atoms with Gasteiger partial charge in [-0.25, -0.2) is 0 Å². The average Bonchev–Trinajstić information content (AvgIpc) is 2.67. The van der Waals surface area contributed by atoms with Crippen LogP contribution in [0.3, 0.4) is 0 Å². The van der Waals surface area contributed by atoms with Crippen LogP contribution in [0, 0.1) is 0 Å². The summed E-state index contributed by atoms with van der Waals surface area (Å²) in [6.45, 7) is 2.37. The van der Waals surface area contributed by atoms with Crippen molar-refractivity contribution >= 4 is 12.4 Å². The molecule has 0 aliphatic carbocycles. The molecule has 0 aromatic heterocycles. The van der Waals surface area contributed by atoms with Crippen molar-refractivity contribution in [1.29, 1.82) is 0 Å². The van der Waals surface area contributed by atoms with Gasteiger partial charge >= 0.3 is 0 Å². The molecule has 1 atom stereocenters. The number of para-hydroxylation sites is 3. The summed E-state index contributed by atoms with van der Waals surface area (Å²) in [7, 11) is 3.22. The van der Waals surface area contributed by atoms with E-state index in [4.69, 9.17) is 23.7 Å². The maximum atomic E-state index is 5.90. The first-order valence-electron chi connectivity index (χ1n) is 8.25. The van der Waals surface area contributed by atoms with Gasteiger partial charge in [0.25, 0.3) is 0 Å². The van der Waals surface area contributed by atoms with Crippen molar-refractivity contribution < 1.29 is 23.7 Å². The molecule has 1 aliphatic heterocycles. The average molecular weight is 382 g/mol. The number of hydrogen-bond donors (Lipinski definition) is 1. The molecule has 1 unspecified atom stereocenters. The fourth-order valence-electron chi connectivity index (χ4n) is 2.61. The van der Waals surface area contributed by atoms with Crippen molar-refractivity contribution in [2.75, 3.05) is 40.5 Å². The summed E-state index contributed by atoms with van der Waals surface area (Å²) in [5.41, 5.74) is 0. The van der Waals surface area contributed by atoms with Gasteiger partial charge < -0.3 is 29.0 Å². The van der Waals surface area contributed by atoms with Crippen LogP contribution in [0.25, 0.3) is 0 Å². The van der Waals surface area contributed by atoms with Crippen LogP contribution in [0.1, 0.15) is 0 Å². The van der Waals surface area contributed by atoms with Crippen molar-refractivity contribution in [3.63, 3.8) is 0 Å². The minimum Gasteiger partial charge on any atom is -0.493 e. The van der Waals surface area contributed by atoms with E-state index in [0.29, 0.717) is 43.6 Å². The third-order valence-electron chi connectivity index (χ3n) is 3.85. The van der Waals surface area contributed by atoms with E-state index in [1.165, 1.54) is 0 Å². The minimum atomic E-state index is -0.0179. The first-order chi connectivity index (χ1) is 12.3. The standard InChI is InChI=1S/C19H23NO5.ClH/c1-21-17-8-5-9-18(22-2)19(17)23-11-10-20-12-14-13-24-15-6-3-4-7-16(15)25-14;/h3-9,14,20H,10-13H2,1-2H3;1H. The highest BCUT2D eigenvalue weighted by Crippen LogP contribution is 2.36. The molecule has 7 heteroatoms. The summed E-state index contributed by atoms with van der Waals surface area (Å²) in [5, 5.41) is 3.32. The fourth-order valence-corrected chi connectivity index (χ4v) is 2.61. The Hall–Kier alpha value is -2.31. The van der Waals surface area contributed by atoms with Crippen molar-refractivity contribution in [2.45, 2.75) is 6.10 Å². The molecule has 0 spiro atoms. The third kappa shape index (κ3) is 4.86. The van der Waals surface area contributed by atoms with Gasteiger partial charge in [0.1, 0.15) is 19.3 Å². The summed E-state index contributed by atoms with van der Waals surface area (Å²) < 4.78 is 28.0. The Balaban J connectivity index is 0.00000243. The Morgan fingerprint density at radius 1 is 1.00 bits per heavy atom. The lowest BCUT2D eigenvalue weighted by atomic mass is 10.2. The van der Waals surface area contributed by atoms with Gasteiger partial charge in [0.2, 0.25) is 5.75 Å². The largest absolute Gasteiger partial charge is 0.493 e. The molecule has 6 nitrogen and oxygen atoms in total. The van der Waals surface area contributed by atoms with Crippen LogP contribution in [0.5, 0.6) is 28.7 Å². The van der Waals surface area contributed by atoms with Gasteiger partial charge in [0, 0.05) is 13.1 Å². The molecule has 3 rings (SSSR count). The molecule has 2 aromatic carbocycles. The molecule has 26 heavy (non-hydrogen) atoms. The normalized spacial score (nSPS) is 14.9. The van der Waals surface area contributed by atoms with E-state index in [1.54, 1.807) is 14.2 Å². The Morgan fingerprint density at radius 3 is 2.38 bits per heavy atom. The summed E-state index contributed by atoms with van der Waals surface area (Å²) >= 11 is 0. The second-order valence-corrected chi connectivity index (χ2v) is 5.54. The van der Waals surface area contributed by atoms with E-state index in [9.17, 15) is 0 Å². The molecule has 0 radical (unpaired) electrons. The van der Waals surface area contributed by atoms with E-state index in [1.807, 2.05) is 42.5 Å². The predicted octanol–water partition coefficient (Wildman–Crippen LogP) is 2.93. The van der Waals surface area contributed by atoms with Crippen molar-refractivity contribution in [1.82, 2.24) is 5.32 Å². The maximum Gasteiger partial charge on any atom is 0.203 e. The summed E-state index contributed by atoms with van der Waals surface area (Å²) in [4.78, 5) is 0. The van der Waals surface area contributed by atoms with Gasteiger partial charge in [-0.1, -0.05) is 18.2 Å². The molecule has 0 bridgehead atoms. The highest BCUT2D eigenvalue weighted by atomic mass is 35.5. The summed E-state index contributed by atoms with van der Waals surface area (Å²) in [5.74, 6) is 3.50. The lowest BCUT2D eigenvalue weighted by molar-refractivity contribution is 0.0897. The van der Waals surface area contributed by atoms with Crippen LogP contribution in [-0.2, 0) is 0 Å². The van der Waals surface area contributed by atoms with Crippen LogP contribution >= 0.6 is 12.4 Å². The zero-order valence-corrected chi connectivity index (χ0v) is 15.7. The van der Waals surface area contributed by atoms with Gasteiger partial charge in [0.05, 0.1) is 14.2 Å². The monoisotopic (exact) mass is 381 g/mol. The SMILES string of the molecule is COc1cccc(OC)c1OCCNCC1COc2ccccc2O1.Cl. The molecule has 1 aliphatic rings. The van der Waals surface area contributed by atoms with E-state index in [-0.39, 0.29) is 18.5 Å². The summed E-state index contributed by atoms with van der Waals surface area (Å²) in [6, 6.07) is 13.2. The van der Waals surface area contributed by atoms with E-state index in [0.717, 1.165) is 11.5 Å². The van der Waals surface area contributed by atoms with Crippen molar-refractivity contribution in [2.24, 2.45) is 0 Å². The van der Waals surface area contributed by atoms with E-state index in [2.05, 4.69) is 5.32 Å². The third-order valence-corrected chi connectivity index (χ3v) is 3.85. The molecular formula is C19H24ClNO5. The van der Waals surface area contributed by atoms with Gasteiger partial charge in [-0.3, -0.25) is 0 Å². The molecular weight excluding hydrogens is 358 g/mol. The zero-order valence-electron chi connectivity index (χ0n) is 14.9. The van der Waals surface area contributed by atoms with E-state index < -0.39 is 0 Å². The van der Waals surface area contributed by atoms with E-state index >= 15 is 0 Å². The second-order valence-electron chi connectivity index (χ2n) is 5.54. The number of halogens is 1. The smallest absolute Gasteiger partial charge is 0.203 e. The Bertz CT molecular complexity index is 675. The first kappa shape index (κ1) is 20.0. The lowest BCUT2D eigenvalue weighted by Crippen LogP contribution is -2.39. The minimum absolute atomic E-state index is 0. The number of hydrogen-bond acceptors (Lipinski definition) is 6. The lowest BCUT2D eigenvalue weighted by Gasteiger charge is -2.26. The molecule has 0 saturated heterocycles.